The number of benzene rings is 1. The lowest BCUT2D eigenvalue weighted by molar-refractivity contribution is -0.276. The molecule has 0 fully saturated rings. The molecule has 0 amide bonds. The molecule has 0 bridgehead atoms. The maximum Gasteiger partial charge on any atom is 0.574 e. The Morgan fingerprint density at radius 1 is 1.15 bits per heavy atom. The smallest absolute Gasteiger partial charge is 0.545 e. The van der Waals surface area contributed by atoms with E-state index in [1.807, 2.05) is 0 Å². The molecule has 1 aromatic carbocycles. The number of unbranched alkanes of at least 4 members (excludes halogenated alkanes) is 3. The van der Waals surface area contributed by atoms with Gasteiger partial charge in [0.25, 0.3) is 0 Å². The average Bonchev–Trinajstić information content (AvgIpc) is 2.60. The van der Waals surface area contributed by atoms with Gasteiger partial charge in [-0.05, 0) is 36.2 Å². The van der Waals surface area contributed by atoms with Gasteiger partial charge in [-0.25, -0.2) is 4.98 Å². The van der Waals surface area contributed by atoms with E-state index in [2.05, 4.69) is 16.6 Å². The molecule has 0 spiro atoms. The number of pyridine rings is 1. The molecule has 0 N–H and O–H groups in total. The fourth-order valence-electron chi connectivity index (χ4n) is 2.47. The Morgan fingerprint density at radius 2 is 1.93 bits per heavy atom. The third-order valence-corrected chi connectivity index (χ3v) is 3.75. The molecule has 0 radical (unpaired) electrons. The van der Waals surface area contributed by atoms with Gasteiger partial charge in [0.2, 0.25) is 5.88 Å². The molecule has 0 atom stereocenters. The molecule has 1 aromatic heterocycles. The van der Waals surface area contributed by atoms with Crippen molar-refractivity contribution in [3.63, 3.8) is 0 Å². The van der Waals surface area contributed by atoms with Crippen LogP contribution in [-0.4, -0.2) is 23.9 Å². The highest BCUT2D eigenvalue weighted by Crippen LogP contribution is 2.29. The van der Waals surface area contributed by atoms with Crippen molar-refractivity contribution >= 4 is 5.97 Å². The van der Waals surface area contributed by atoms with Crippen LogP contribution in [0.15, 0.2) is 36.5 Å². The van der Waals surface area contributed by atoms with Gasteiger partial charge >= 0.3 is 6.36 Å². The third kappa shape index (κ3) is 6.47. The van der Waals surface area contributed by atoms with Crippen LogP contribution in [0.2, 0.25) is 0 Å². The second-order valence-electron chi connectivity index (χ2n) is 5.84. The van der Waals surface area contributed by atoms with Gasteiger partial charge in [0, 0.05) is 23.4 Å². The van der Waals surface area contributed by atoms with Crippen molar-refractivity contribution < 1.29 is 32.5 Å². The number of nitrogens with zero attached hydrogens (tertiary/aromatic N) is 1. The van der Waals surface area contributed by atoms with Crippen molar-refractivity contribution in [3.05, 3.63) is 42.1 Å². The van der Waals surface area contributed by atoms with Crippen molar-refractivity contribution in [3.8, 4) is 22.8 Å². The summed E-state index contributed by atoms with van der Waals surface area (Å²) in [5, 5.41) is 11.3. The summed E-state index contributed by atoms with van der Waals surface area (Å²) in [6, 6.07) is 6.67. The van der Waals surface area contributed by atoms with Crippen LogP contribution >= 0.6 is 0 Å². The Hall–Kier alpha value is -2.77. The van der Waals surface area contributed by atoms with E-state index < -0.39 is 18.2 Å². The Morgan fingerprint density at radius 3 is 2.52 bits per heavy atom. The minimum Gasteiger partial charge on any atom is -0.545 e. The summed E-state index contributed by atoms with van der Waals surface area (Å²) in [4.78, 5) is 14.9. The SMILES string of the molecule is CCCCCCOc1ccc(C(=O)[O-])c(-c2ccc(OC(F)(F)F)nc2)c1. The molecular formula is C19H19F3NO4-. The first-order chi connectivity index (χ1) is 12.8. The fraction of sp³-hybridized carbons (Fsp3) is 0.368. The zero-order valence-corrected chi connectivity index (χ0v) is 14.7. The van der Waals surface area contributed by atoms with E-state index in [-0.39, 0.29) is 11.1 Å². The fourth-order valence-corrected chi connectivity index (χ4v) is 2.47. The number of ether oxygens (including phenoxy) is 2. The Bertz CT molecular complexity index is 761. The molecule has 27 heavy (non-hydrogen) atoms. The molecular weight excluding hydrogens is 363 g/mol. The standard InChI is InChI=1S/C19H20F3NO4/c1-2-3-4-5-10-26-14-7-8-15(18(24)25)16(11-14)13-6-9-17(23-12-13)27-19(20,21)22/h6-9,11-12H,2-5,10H2,1H3,(H,24,25)/p-1. The van der Waals surface area contributed by atoms with E-state index in [0.717, 1.165) is 37.9 Å². The predicted molar refractivity (Wildman–Crippen MR) is 90.3 cm³/mol. The zero-order chi connectivity index (χ0) is 19.9. The number of rotatable bonds is 9. The monoisotopic (exact) mass is 382 g/mol. The number of carbonyl (C=O) groups excluding carboxylic acids is 1. The van der Waals surface area contributed by atoms with Crippen LogP contribution in [-0.2, 0) is 0 Å². The molecule has 0 aliphatic heterocycles. The zero-order valence-electron chi connectivity index (χ0n) is 14.7. The van der Waals surface area contributed by atoms with E-state index in [9.17, 15) is 23.1 Å². The number of hydrogen-bond acceptors (Lipinski definition) is 5. The van der Waals surface area contributed by atoms with Gasteiger partial charge in [-0.1, -0.05) is 26.2 Å². The lowest BCUT2D eigenvalue weighted by Gasteiger charge is -2.14. The summed E-state index contributed by atoms with van der Waals surface area (Å²) < 4.78 is 46.0. The summed E-state index contributed by atoms with van der Waals surface area (Å²) in [6.07, 6.45) is 0.368. The Kier molecular flexibility index (Phi) is 7.04. The molecule has 0 unspecified atom stereocenters. The molecule has 8 heteroatoms. The highest BCUT2D eigenvalue weighted by Gasteiger charge is 2.31. The number of carboxylic acids is 1. The first kappa shape index (κ1) is 20.5. The normalized spacial score (nSPS) is 11.3. The maximum atomic E-state index is 12.2. The minimum absolute atomic E-state index is 0.111. The summed E-state index contributed by atoms with van der Waals surface area (Å²) in [7, 11) is 0. The second-order valence-corrected chi connectivity index (χ2v) is 5.84. The highest BCUT2D eigenvalue weighted by atomic mass is 19.4. The van der Waals surface area contributed by atoms with Crippen LogP contribution in [0.3, 0.4) is 0 Å². The van der Waals surface area contributed by atoms with Crippen molar-refractivity contribution in [2.75, 3.05) is 6.61 Å². The van der Waals surface area contributed by atoms with Gasteiger partial charge in [-0.2, -0.15) is 0 Å². The van der Waals surface area contributed by atoms with Gasteiger partial charge in [0.05, 0.1) is 12.6 Å². The molecule has 0 saturated carbocycles. The van der Waals surface area contributed by atoms with Crippen molar-refractivity contribution in [2.45, 2.75) is 39.0 Å². The highest BCUT2D eigenvalue weighted by molar-refractivity contribution is 5.95. The quantitative estimate of drug-likeness (QED) is 0.614. The molecule has 5 nitrogen and oxygen atoms in total. The summed E-state index contributed by atoms with van der Waals surface area (Å²) in [6.45, 7) is 2.59. The lowest BCUT2D eigenvalue weighted by atomic mass is 10.0. The second kappa shape index (κ2) is 9.25. The van der Waals surface area contributed by atoms with E-state index in [4.69, 9.17) is 4.74 Å². The largest absolute Gasteiger partial charge is 0.574 e. The topological polar surface area (TPSA) is 71.5 Å². The molecule has 2 aromatic rings. The first-order valence-corrected chi connectivity index (χ1v) is 8.50. The van der Waals surface area contributed by atoms with Crippen molar-refractivity contribution in [1.29, 1.82) is 0 Å². The number of aromatic nitrogens is 1. The Balaban J connectivity index is 2.20. The number of aromatic carboxylic acids is 1. The Labute approximate surface area is 154 Å². The van der Waals surface area contributed by atoms with Gasteiger partial charge in [-0.3, -0.25) is 0 Å². The number of carbonyl (C=O) groups is 1. The van der Waals surface area contributed by atoms with Gasteiger partial charge in [0.1, 0.15) is 5.75 Å². The molecule has 0 aliphatic rings. The van der Waals surface area contributed by atoms with E-state index in [0.29, 0.717) is 17.9 Å². The lowest BCUT2D eigenvalue weighted by Crippen LogP contribution is -2.23. The molecule has 1 heterocycles. The van der Waals surface area contributed by atoms with Crippen LogP contribution in [0.1, 0.15) is 43.0 Å². The molecule has 2 rings (SSSR count). The van der Waals surface area contributed by atoms with Crippen LogP contribution in [0.25, 0.3) is 11.1 Å². The van der Waals surface area contributed by atoms with E-state index in [1.54, 1.807) is 0 Å². The van der Waals surface area contributed by atoms with E-state index in [1.165, 1.54) is 24.3 Å². The van der Waals surface area contributed by atoms with Crippen LogP contribution in [0, 0.1) is 0 Å². The summed E-state index contributed by atoms with van der Waals surface area (Å²) in [5.74, 6) is -1.58. The van der Waals surface area contributed by atoms with Gasteiger partial charge < -0.3 is 19.4 Å². The van der Waals surface area contributed by atoms with E-state index >= 15 is 0 Å². The van der Waals surface area contributed by atoms with Gasteiger partial charge in [-0.15, -0.1) is 13.2 Å². The minimum atomic E-state index is -4.85. The third-order valence-electron chi connectivity index (χ3n) is 3.75. The molecule has 0 aliphatic carbocycles. The van der Waals surface area contributed by atoms with Crippen LogP contribution < -0.4 is 14.6 Å². The molecule has 146 valence electrons. The predicted octanol–water partition coefficient (Wildman–Crippen LogP) is 3.97. The van der Waals surface area contributed by atoms with Gasteiger partial charge in [0.15, 0.2) is 0 Å². The molecule has 0 saturated heterocycles. The summed E-state index contributed by atoms with van der Waals surface area (Å²) in [5.41, 5.74) is 0.437. The first-order valence-electron chi connectivity index (χ1n) is 8.50. The maximum absolute atomic E-state index is 12.2. The average molecular weight is 382 g/mol. The number of alkyl halides is 3. The number of carboxylic acid groups (broad SMARTS) is 1. The summed E-state index contributed by atoms with van der Waals surface area (Å²) >= 11 is 0. The van der Waals surface area contributed by atoms with Crippen LogP contribution in [0.5, 0.6) is 11.6 Å². The number of hydrogen-bond donors (Lipinski definition) is 0. The number of halogens is 3. The van der Waals surface area contributed by atoms with Crippen molar-refractivity contribution in [2.24, 2.45) is 0 Å². The van der Waals surface area contributed by atoms with Crippen molar-refractivity contribution in [1.82, 2.24) is 4.98 Å². The van der Waals surface area contributed by atoms with Crippen LogP contribution in [0.4, 0.5) is 13.2 Å².